The third kappa shape index (κ3) is 8.16. The van der Waals surface area contributed by atoms with Gasteiger partial charge in [-0.25, -0.2) is 8.42 Å². The predicted octanol–water partition coefficient (Wildman–Crippen LogP) is 5.50. The molecule has 0 heterocycles. The lowest BCUT2D eigenvalue weighted by Gasteiger charge is -2.34. The lowest BCUT2D eigenvalue weighted by molar-refractivity contribution is -0.140. The summed E-state index contributed by atoms with van der Waals surface area (Å²) in [5, 5.41) is 3.18. The number of ether oxygens (including phenoxy) is 1. The van der Waals surface area contributed by atoms with Crippen molar-refractivity contribution in [2.45, 2.75) is 75.8 Å². The van der Waals surface area contributed by atoms with Crippen molar-refractivity contribution in [2.24, 2.45) is 0 Å². The summed E-state index contributed by atoms with van der Waals surface area (Å²) < 4.78 is 34.8. The van der Waals surface area contributed by atoms with Gasteiger partial charge in [0.05, 0.1) is 17.7 Å². The van der Waals surface area contributed by atoms with Gasteiger partial charge >= 0.3 is 0 Å². The van der Waals surface area contributed by atoms with Crippen molar-refractivity contribution in [1.29, 1.82) is 0 Å². The number of para-hydroxylation sites is 2. The number of aryl methyl sites for hydroxylation is 1. The largest absolute Gasteiger partial charge is 0.495 e. The molecule has 1 aliphatic carbocycles. The van der Waals surface area contributed by atoms with Crippen LogP contribution in [0.3, 0.4) is 0 Å². The van der Waals surface area contributed by atoms with E-state index in [1.54, 1.807) is 41.3 Å². The first kappa shape index (κ1) is 32.1. The second kappa shape index (κ2) is 15.0. The Hall–Kier alpha value is -3.85. The number of benzene rings is 3. The van der Waals surface area contributed by atoms with Gasteiger partial charge in [0.25, 0.3) is 10.0 Å². The molecular weight excluding hydrogens is 562 g/mol. The van der Waals surface area contributed by atoms with Crippen molar-refractivity contribution in [2.75, 3.05) is 24.5 Å². The summed E-state index contributed by atoms with van der Waals surface area (Å²) in [4.78, 5) is 29.5. The van der Waals surface area contributed by atoms with Gasteiger partial charge in [-0.05, 0) is 62.4 Å². The summed E-state index contributed by atoms with van der Waals surface area (Å²) in [6.45, 7) is 3.54. The summed E-state index contributed by atoms with van der Waals surface area (Å²) in [6, 6.07) is 22.4. The maximum atomic E-state index is 14.3. The maximum absolute atomic E-state index is 14.3. The summed E-state index contributed by atoms with van der Waals surface area (Å²) in [7, 11) is -2.70. The lowest BCUT2D eigenvalue weighted by atomic mass is 9.95. The van der Waals surface area contributed by atoms with Crippen LogP contribution in [-0.4, -0.2) is 57.4 Å². The Bertz CT molecular complexity index is 1450. The molecule has 0 spiro atoms. The van der Waals surface area contributed by atoms with Crippen LogP contribution in [-0.2, 0) is 26.0 Å². The van der Waals surface area contributed by atoms with Crippen LogP contribution >= 0.6 is 0 Å². The zero-order chi connectivity index (χ0) is 30.8. The molecule has 1 atom stereocenters. The van der Waals surface area contributed by atoms with Gasteiger partial charge in [0.15, 0.2) is 0 Å². The third-order valence-electron chi connectivity index (χ3n) is 8.06. The smallest absolute Gasteiger partial charge is 0.264 e. The molecule has 3 aromatic rings. The van der Waals surface area contributed by atoms with Crippen molar-refractivity contribution in [1.82, 2.24) is 10.2 Å². The van der Waals surface area contributed by atoms with Crippen molar-refractivity contribution >= 4 is 27.5 Å². The van der Waals surface area contributed by atoms with E-state index in [-0.39, 0.29) is 29.1 Å². The highest BCUT2D eigenvalue weighted by atomic mass is 32.2. The Morgan fingerprint density at radius 1 is 0.930 bits per heavy atom. The number of carbonyl (C=O) groups is 2. The minimum Gasteiger partial charge on any atom is -0.495 e. The molecule has 2 amide bonds. The number of hydrogen-bond donors (Lipinski definition) is 1. The average Bonchev–Trinajstić information content (AvgIpc) is 3.02. The highest BCUT2D eigenvalue weighted by molar-refractivity contribution is 7.92. The molecule has 0 aliphatic heterocycles. The molecule has 4 rings (SSSR count). The highest BCUT2D eigenvalue weighted by Gasteiger charge is 2.35. The second-order valence-corrected chi connectivity index (χ2v) is 12.9. The molecule has 0 saturated heterocycles. The Kier molecular flexibility index (Phi) is 11.2. The number of anilines is 1. The monoisotopic (exact) mass is 605 g/mol. The SMILES string of the molecule is CCC(C(=O)NC1CCCCC1)N(CCc1ccccc1)C(=O)CN(c1ccccc1OC)S(=O)(=O)c1ccc(C)cc1. The van der Waals surface area contributed by atoms with Gasteiger partial charge in [0, 0.05) is 12.6 Å². The summed E-state index contributed by atoms with van der Waals surface area (Å²) >= 11 is 0. The fourth-order valence-corrected chi connectivity index (χ4v) is 7.05. The zero-order valence-electron chi connectivity index (χ0n) is 25.4. The number of methoxy groups -OCH3 is 1. The molecule has 9 heteroatoms. The lowest BCUT2D eigenvalue weighted by Crippen LogP contribution is -2.54. The molecule has 1 N–H and O–H groups in total. The molecule has 0 aromatic heterocycles. The average molecular weight is 606 g/mol. The van der Waals surface area contributed by atoms with Crippen molar-refractivity contribution in [3.8, 4) is 5.75 Å². The van der Waals surface area contributed by atoms with E-state index in [4.69, 9.17) is 4.74 Å². The van der Waals surface area contributed by atoms with Crippen LogP contribution in [0.4, 0.5) is 5.69 Å². The van der Waals surface area contributed by atoms with Gasteiger partial charge in [-0.1, -0.05) is 86.3 Å². The summed E-state index contributed by atoms with van der Waals surface area (Å²) in [6.07, 6.45) is 6.09. The van der Waals surface area contributed by atoms with E-state index >= 15 is 0 Å². The van der Waals surface area contributed by atoms with E-state index in [1.165, 1.54) is 25.7 Å². The second-order valence-electron chi connectivity index (χ2n) is 11.1. The van der Waals surface area contributed by atoms with Crippen LogP contribution in [0.2, 0.25) is 0 Å². The Morgan fingerprint density at radius 3 is 2.23 bits per heavy atom. The van der Waals surface area contributed by atoms with E-state index in [0.717, 1.165) is 41.1 Å². The van der Waals surface area contributed by atoms with Crippen LogP contribution in [0.15, 0.2) is 83.8 Å². The molecule has 230 valence electrons. The minimum atomic E-state index is -4.17. The topological polar surface area (TPSA) is 96.0 Å². The van der Waals surface area contributed by atoms with Gasteiger partial charge < -0.3 is 15.0 Å². The van der Waals surface area contributed by atoms with Crippen LogP contribution in [0, 0.1) is 6.92 Å². The molecule has 1 fully saturated rings. The van der Waals surface area contributed by atoms with Gasteiger partial charge in [0.1, 0.15) is 18.3 Å². The van der Waals surface area contributed by atoms with Crippen LogP contribution in [0.25, 0.3) is 0 Å². The van der Waals surface area contributed by atoms with Crippen LogP contribution < -0.4 is 14.4 Å². The van der Waals surface area contributed by atoms with Gasteiger partial charge in [-0.3, -0.25) is 13.9 Å². The molecule has 3 aromatic carbocycles. The first-order valence-corrected chi connectivity index (χ1v) is 16.5. The van der Waals surface area contributed by atoms with Gasteiger partial charge in [-0.15, -0.1) is 0 Å². The molecule has 1 unspecified atom stereocenters. The number of nitrogens with zero attached hydrogens (tertiary/aromatic N) is 2. The quantitative estimate of drug-likeness (QED) is 0.278. The van der Waals surface area contributed by atoms with Crippen LogP contribution in [0.5, 0.6) is 5.75 Å². The first-order valence-electron chi connectivity index (χ1n) is 15.1. The van der Waals surface area contributed by atoms with Crippen molar-refractivity contribution in [3.63, 3.8) is 0 Å². The minimum absolute atomic E-state index is 0.0646. The normalized spacial score (nSPS) is 14.5. The molecule has 1 aliphatic rings. The highest BCUT2D eigenvalue weighted by Crippen LogP contribution is 2.32. The summed E-state index contributed by atoms with van der Waals surface area (Å²) in [5.41, 5.74) is 2.19. The van der Waals surface area contributed by atoms with E-state index in [9.17, 15) is 18.0 Å². The molecular formula is C34H43N3O5S. The molecule has 1 saturated carbocycles. The third-order valence-corrected chi connectivity index (χ3v) is 9.84. The van der Waals surface area contributed by atoms with Gasteiger partial charge in [-0.2, -0.15) is 0 Å². The van der Waals surface area contributed by atoms with E-state index < -0.39 is 28.5 Å². The maximum Gasteiger partial charge on any atom is 0.264 e. The fraction of sp³-hybridized carbons (Fsp3) is 0.412. The van der Waals surface area contributed by atoms with Crippen molar-refractivity contribution in [3.05, 3.63) is 90.0 Å². The van der Waals surface area contributed by atoms with Gasteiger partial charge in [0.2, 0.25) is 11.8 Å². The molecule has 43 heavy (non-hydrogen) atoms. The summed E-state index contributed by atoms with van der Waals surface area (Å²) in [5.74, 6) is -0.326. The van der Waals surface area contributed by atoms with Crippen molar-refractivity contribution < 1.29 is 22.7 Å². The number of rotatable bonds is 13. The Labute approximate surface area is 256 Å². The number of carbonyl (C=O) groups excluding carboxylic acids is 2. The van der Waals surface area contributed by atoms with E-state index in [1.807, 2.05) is 44.2 Å². The fourth-order valence-electron chi connectivity index (χ4n) is 5.63. The Balaban J connectivity index is 1.69. The van der Waals surface area contributed by atoms with E-state index in [0.29, 0.717) is 18.6 Å². The number of hydrogen-bond acceptors (Lipinski definition) is 5. The molecule has 0 radical (unpaired) electrons. The molecule has 8 nitrogen and oxygen atoms in total. The standard InChI is InChI=1S/C34H43N3O5S/c1-4-30(34(39)35-28-15-9-6-10-16-28)36(24-23-27-13-7-5-8-14-27)33(38)25-37(31-17-11-12-18-32(31)42-3)43(40,41)29-21-19-26(2)20-22-29/h5,7-8,11-14,17-22,28,30H,4,6,9-10,15-16,23-25H2,1-3H3,(H,35,39). The number of sulfonamides is 1. The molecule has 0 bridgehead atoms. The zero-order valence-corrected chi connectivity index (χ0v) is 26.2. The first-order chi connectivity index (χ1) is 20.7. The van der Waals surface area contributed by atoms with Crippen LogP contribution in [0.1, 0.15) is 56.6 Å². The van der Waals surface area contributed by atoms with E-state index in [2.05, 4.69) is 5.32 Å². The number of nitrogens with one attached hydrogen (secondary N) is 1. The predicted molar refractivity (Wildman–Crippen MR) is 170 cm³/mol. The Morgan fingerprint density at radius 2 is 1.58 bits per heavy atom. The number of amides is 2.